The van der Waals surface area contributed by atoms with Crippen LogP contribution in [-0.4, -0.2) is 12.3 Å². The Kier molecular flexibility index (Phi) is 3.83. The van der Waals surface area contributed by atoms with Crippen molar-refractivity contribution in [1.82, 2.24) is 0 Å². The number of benzene rings is 1. The van der Waals surface area contributed by atoms with Gasteiger partial charge in [0.2, 0.25) is 6.08 Å². The number of isocyanates is 1. The molecule has 0 radical (unpaired) electrons. The molecule has 0 bridgehead atoms. The van der Waals surface area contributed by atoms with Crippen molar-refractivity contribution in [3.05, 3.63) is 29.3 Å². The van der Waals surface area contributed by atoms with Crippen molar-refractivity contribution in [2.75, 3.05) is 6.26 Å². The van der Waals surface area contributed by atoms with Gasteiger partial charge >= 0.3 is 0 Å². The third kappa shape index (κ3) is 2.20. The molecule has 0 atom stereocenters. The lowest BCUT2D eigenvalue weighted by molar-refractivity contribution is 0.420. The molecule has 5 heteroatoms. The monoisotopic (exact) mass is 269 g/mol. The third-order valence-electron chi connectivity index (χ3n) is 3.42. The Morgan fingerprint density at radius 2 is 2.00 bits per heavy atom. The van der Waals surface area contributed by atoms with E-state index >= 15 is 0 Å². The maximum Gasteiger partial charge on any atom is 0.235 e. The van der Waals surface area contributed by atoms with Gasteiger partial charge in [0.1, 0.15) is 17.2 Å². The van der Waals surface area contributed by atoms with E-state index in [1.807, 2.05) is 0 Å². The molecule has 1 aromatic carbocycles. The van der Waals surface area contributed by atoms with Gasteiger partial charge in [-0.25, -0.2) is 13.6 Å². The summed E-state index contributed by atoms with van der Waals surface area (Å²) in [6.45, 7) is 0. The second kappa shape index (κ2) is 5.21. The lowest BCUT2D eigenvalue weighted by Gasteiger charge is -2.24. The highest BCUT2D eigenvalue weighted by Crippen LogP contribution is 2.44. The van der Waals surface area contributed by atoms with Gasteiger partial charge in [0.25, 0.3) is 0 Å². The first-order valence-electron chi connectivity index (χ1n) is 5.75. The number of halogens is 2. The van der Waals surface area contributed by atoms with E-state index in [1.54, 1.807) is 6.26 Å². The first-order chi connectivity index (χ1) is 8.63. The fourth-order valence-corrected chi connectivity index (χ4v) is 3.06. The maximum atomic E-state index is 14.3. The summed E-state index contributed by atoms with van der Waals surface area (Å²) < 4.78 is 27.8. The Morgan fingerprint density at radius 3 is 2.56 bits per heavy atom. The third-order valence-corrected chi connectivity index (χ3v) is 4.15. The minimum absolute atomic E-state index is 0.188. The van der Waals surface area contributed by atoms with Crippen molar-refractivity contribution in [2.24, 2.45) is 4.99 Å². The average Bonchev–Trinajstić information content (AvgIpc) is 2.81. The maximum absolute atomic E-state index is 14.3. The molecule has 18 heavy (non-hydrogen) atoms. The molecule has 1 aliphatic carbocycles. The van der Waals surface area contributed by atoms with Gasteiger partial charge in [0.15, 0.2) is 0 Å². The number of aliphatic imine (C=N–C) groups is 1. The molecule has 1 fully saturated rings. The molecule has 2 rings (SSSR count). The van der Waals surface area contributed by atoms with E-state index in [0.717, 1.165) is 36.7 Å². The molecule has 0 amide bonds. The minimum atomic E-state index is -0.918. The second-order valence-corrected chi connectivity index (χ2v) is 5.26. The van der Waals surface area contributed by atoms with Crippen LogP contribution in [0.4, 0.5) is 8.78 Å². The van der Waals surface area contributed by atoms with Gasteiger partial charge in [-0.1, -0.05) is 12.8 Å². The van der Waals surface area contributed by atoms with Gasteiger partial charge in [0.05, 0.1) is 0 Å². The molecular weight excluding hydrogens is 256 g/mol. The van der Waals surface area contributed by atoms with E-state index in [9.17, 15) is 13.6 Å². The van der Waals surface area contributed by atoms with Gasteiger partial charge in [-0.3, -0.25) is 0 Å². The van der Waals surface area contributed by atoms with E-state index in [-0.39, 0.29) is 10.5 Å². The first kappa shape index (κ1) is 13.2. The molecule has 0 heterocycles. The Hall–Kier alpha value is -1.19. The number of hydrogen-bond donors (Lipinski definition) is 0. The normalized spacial score (nSPS) is 17.5. The molecule has 0 spiro atoms. The summed E-state index contributed by atoms with van der Waals surface area (Å²) in [5.41, 5.74) is -0.731. The van der Waals surface area contributed by atoms with E-state index in [4.69, 9.17) is 0 Å². The first-order valence-corrected chi connectivity index (χ1v) is 6.98. The second-order valence-electron chi connectivity index (χ2n) is 4.41. The van der Waals surface area contributed by atoms with Crippen LogP contribution in [0.1, 0.15) is 31.2 Å². The van der Waals surface area contributed by atoms with Crippen molar-refractivity contribution in [3.8, 4) is 0 Å². The SMILES string of the molecule is CSc1cc(F)cc(C2(N=C=O)CCCC2)c1F. The summed E-state index contributed by atoms with van der Waals surface area (Å²) in [4.78, 5) is 14.6. The molecule has 0 saturated heterocycles. The summed E-state index contributed by atoms with van der Waals surface area (Å²) in [5.74, 6) is -0.965. The van der Waals surface area contributed by atoms with Crippen molar-refractivity contribution < 1.29 is 13.6 Å². The summed E-state index contributed by atoms with van der Waals surface area (Å²) in [5, 5.41) is 0. The number of rotatable bonds is 3. The lowest BCUT2D eigenvalue weighted by Crippen LogP contribution is -2.21. The minimum Gasteiger partial charge on any atom is -0.211 e. The smallest absolute Gasteiger partial charge is 0.211 e. The average molecular weight is 269 g/mol. The van der Waals surface area contributed by atoms with Crippen molar-refractivity contribution in [2.45, 2.75) is 36.1 Å². The molecule has 0 aliphatic heterocycles. The summed E-state index contributed by atoms with van der Waals surface area (Å²) in [6, 6.07) is 2.32. The van der Waals surface area contributed by atoms with Crippen LogP contribution in [-0.2, 0) is 10.3 Å². The van der Waals surface area contributed by atoms with Crippen LogP contribution in [0.25, 0.3) is 0 Å². The van der Waals surface area contributed by atoms with Crippen molar-refractivity contribution in [1.29, 1.82) is 0 Å². The highest BCUT2D eigenvalue weighted by atomic mass is 32.2. The summed E-state index contributed by atoms with van der Waals surface area (Å²) in [7, 11) is 0. The van der Waals surface area contributed by atoms with Crippen LogP contribution in [0.2, 0.25) is 0 Å². The Balaban J connectivity index is 2.61. The Morgan fingerprint density at radius 1 is 1.33 bits per heavy atom. The largest absolute Gasteiger partial charge is 0.235 e. The number of thioether (sulfide) groups is 1. The van der Waals surface area contributed by atoms with Gasteiger partial charge in [-0.15, -0.1) is 11.8 Å². The molecule has 1 aliphatic rings. The molecule has 96 valence electrons. The molecule has 0 aromatic heterocycles. The van der Waals surface area contributed by atoms with Crippen LogP contribution in [0.5, 0.6) is 0 Å². The lowest BCUT2D eigenvalue weighted by atomic mass is 9.88. The fourth-order valence-electron chi connectivity index (χ4n) is 2.54. The zero-order valence-electron chi connectivity index (χ0n) is 10.0. The van der Waals surface area contributed by atoms with Gasteiger partial charge < -0.3 is 0 Å². The van der Waals surface area contributed by atoms with E-state index in [0.29, 0.717) is 12.8 Å². The van der Waals surface area contributed by atoms with Crippen LogP contribution < -0.4 is 0 Å². The predicted molar refractivity (Wildman–Crippen MR) is 66.4 cm³/mol. The van der Waals surface area contributed by atoms with Gasteiger partial charge in [-0.05, 0) is 31.2 Å². The molecule has 0 unspecified atom stereocenters. The topological polar surface area (TPSA) is 29.4 Å². The van der Waals surface area contributed by atoms with Crippen molar-refractivity contribution in [3.63, 3.8) is 0 Å². The van der Waals surface area contributed by atoms with Gasteiger partial charge in [0, 0.05) is 10.5 Å². The Bertz CT molecular complexity index is 506. The number of hydrogen-bond acceptors (Lipinski definition) is 3. The molecule has 2 nitrogen and oxygen atoms in total. The summed E-state index contributed by atoms with van der Waals surface area (Å²) in [6.07, 6.45) is 6.04. The standard InChI is InChI=1S/C13H13F2NOS/c1-18-11-7-9(14)6-10(12(11)15)13(16-8-17)4-2-3-5-13/h6-7H,2-5H2,1H3. The fraction of sp³-hybridized carbons (Fsp3) is 0.462. The summed E-state index contributed by atoms with van der Waals surface area (Å²) >= 11 is 1.14. The Labute approximate surface area is 108 Å². The van der Waals surface area contributed by atoms with E-state index in [2.05, 4.69) is 4.99 Å². The van der Waals surface area contributed by atoms with Gasteiger partial charge in [-0.2, -0.15) is 4.99 Å². The zero-order valence-corrected chi connectivity index (χ0v) is 10.8. The predicted octanol–water partition coefficient (Wildman–Crippen LogP) is 3.79. The highest BCUT2D eigenvalue weighted by Gasteiger charge is 2.38. The molecule has 1 saturated carbocycles. The quantitative estimate of drug-likeness (QED) is 0.474. The molecule has 1 aromatic rings. The van der Waals surface area contributed by atoms with E-state index in [1.165, 1.54) is 6.08 Å². The van der Waals surface area contributed by atoms with Crippen LogP contribution in [0.15, 0.2) is 22.0 Å². The van der Waals surface area contributed by atoms with Crippen LogP contribution in [0, 0.1) is 11.6 Å². The van der Waals surface area contributed by atoms with Crippen LogP contribution >= 0.6 is 11.8 Å². The zero-order chi connectivity index (χ0) is 13.2. The van der Waals surface area contributed by atoms with E-state index < -0.39 is 17.2 Å². The molecule has 0 N–H and O–H groups in total. The van der Waals surface area contributed by atoms with Crippen LogP contribution in [0.3, 0.4) is 0 Å². The number of carbonyl (C=O) groups excluding carboxylic acids is 1. The molecular formula is C13H13F2NOS. The number of nitrogens with zero attached hydrogens (tertiary/aromatic N) is 1. The van der Waals surface area contributed by atoms with Crippen molar-refractivity contribution >= 4 is 17.8 Å². The highest BCUT2D eigenvalue weighted by molar-refractivity contribution is 7.98.